The number of hydrogen-bond acceptors (Lipinski definition) is 6. The average molecular weight is 284 g/mol. The van der Waals surface area contributed by atoms with Crippen molar-refractivity contribution in [1.82, 2.24) is 0 Å². The van der Waals surface area contributed by atoms with E-state index in [0.29, 0.717) is 0 Å². The SMILES string of the molecule is COc1ccc(S(N)(=O)=O)cc1C(=O)O[C@@H](C)C#N. The highest BCUT2D eigenvalue weighted by molar-refractivity contribution is 7.89. The molecule has 2 N–H and O–H groups in total. The maximum absolute atomic E-state index is 11.8. The lowest BCUT2D eigenvalue weighted by Gasteiger charge is -2.10. The first kappa shape index (κ1) is 14.9. The number of nitrogens with two attached hydrogens (primary N) is 1. The number of hydrogen-bond donors (Lipinski definition) is 1. The van der Waals surface area contributed by atoms with Crippen LogP contribution in [0.2, 0.25) is 0 Å². The molecule has 0 aliphatic carbocycles. The molecule has 7 nitrogen and oxygen atoms in total. The summed E-state index contributed by atoms with van der Waals surface area (Å²) >= 11 is 0. The Labute approximate surface area is 110 Å². The number of rotatable bonds is 4. The van der Waals surface area contributed by atoms with Crippen LogP contribution in [0.3, 0.4) is 0 Å². The molecule has 0 saturated heterocycles. The van der Waals surface area contributed by atoms with Crippen molar-refractivity contribution in [2.45, 2.75) is 17.9 Å². The van der Waals surface area contributed by atoms with Gasteiger partial charge in [-0.15, -0.1) is 0 Å². The zero-order valence-electron chi connectivity index (χ0n) is 10.3. The minimum atomic E-state index is -3.95. The number of carbonyl (C=O) groups excluding carboxylic acids is 1. The minimum Gasteiger partial charge on any atom is -0.496 e. The Kier molecular flexibility index (Phi) is 4.47. The van der Waals surface area contributed by atoms with Crippen LogP contribution in [-0.4, -0.2) is 27.6 Å². The molecule has 0 aliphatic heterocycles. The largest absolute Gasteiger partial charge is 0.496 e. The minimum absolute atomic E-state index is 0.115. The number of nitrogens with zero attached hydrogens (tertiary/aromatic N) is 1. The van der Waals surface area contributed by atoms with Crippen molar-refractivity contribution >= 4 is 16.0 Å². The maximum atomic E-state index is 11.8. The van der Waals surface area contributed by atoms with Crippen LogP contribution < -0.4 is 9.88 Å². The average Bonchev–Trinajstić information content (AvgIpc) is 2.36. The first-order valence-electron chi connectivity index (χ1n) is 5.11. The predicted octanol–water partition coefficient (Wildman–Crippen LogP) is 0.411. The zero-order valence-corrected chi connectivity index (χ0v) is 11.1. The van der Waals surface area contributed by atoms with Gasteiger partial charge in [0.25, 0.3) is 0 Å². The van der Waals surface area contributed by atoms with E-state index < -0.39 is 22.1 Å². The van der Waals surface area contributed by atoms with E-state index in [9.17, 15) is 13.2 Å². The summed E-state index contributed by atoms with van der Waals surface area (Å²) in [6, 6.07) is 5.26. The highest BCUT2D eigenvalue weighted by Gasteiger charge is 2.20. The summed E-state index contributed by atoms with van der Waals surface area (Å²) < 4.78 is 32.1. The van der Waals surface area contributed by atoms with E-state index in [1.807, 2.05) is 0 Å². The van der Waals surface area contributed by atoms with Gasteiger partial charge in [0.15, 0.2) is 6.10 Å². The van der Waals surface area contributed by atoms with Crippen LogP contribution in [0.4, 0.5) is 0 Å². The van der Waals surface area contributed by atoms with Gasteiger partial charge >= 0.3 is 5.97 Å². The van der Waals surface area contributed by atoms with Crippen molar-refractivity contribution in [3.05, 3.63) is 23.8 Å². The summed E-state index contributed by atoms with van der Waals surface area (Å²) in [6.07, 6.45) is -0.963. The predicted molar refractivity (Wildman–Crippen MR) is 64.9 cm³/mol. The van der Waals surface area contributed by atoms with Crippen molar-refractivity contribution in [3.63, 3.8) is 0 Å². The third-order valence-electron chi connectivity index (χ3n) is 2.19. The molecule has 0 unspecified atom stereocenters. The quantitative estimate of drug-likeness (QED) is 0.800. The molecule has 0 spiro atoms. The fraction of sp³-hybridized carbons (Fsp3) is 0.273. The fourth-order valence-corrected chi connectivity index (χ4v) is 1.81. The Hall–Kier alpha value is -2.11. The smallest absolute Gasteiger partial charge is 0.343 e. The Balaban J connectivity index is 3.24. The summed E-state index contributed by atoms with van der Waals surface area (Å²) in [5.41, 5.74) is -0.115. The topological polar surface area (TPSA) is 119 Å². The number of nitriles is 1. The van der Waals surface area contributed by atoms with Crippen LogP contribution in [0.25, 0.3) is 0 Å². The van der Waals surface area contributed by atoms with E-state index in [4.69, 9.17) is 19.9 Å². The van der Waals surface area contributed by atoms with Crippen molar-refractivity contribution in [1.29, 1.82) is 5.26 Å². The van der Waals surface area contributed by atoms with Gasteiger partial charge in [-0.2, -0.15) is 5.26 Å². The maximum Gasteiger partial charge on any atom is 0.343 e. The molecule has 0 aromatic heterocycles. The third-order valence-corrected chi connectivity index (χ3v) is 3.10. The molecule has 1 aromatic carbocycles. The van der Waals surface area contributed by atoms with Gasteiger partial charge in [-0.25, -0.2) is 18.4 Å². The first-order valence-corrected chi connectivity index (χ1v) is 6.65. The molecule has 0 bridgehead atoms. The molecular formula is C11H12N2O5S. The van der Waals surface area contributed by atoms with E-state index in [2.05, 4.69) is 0 Å². The molecular weight excluding hydrogens is 272 g/mol. The fourth-order valence-electron chi connectivity index (χ4n) is 1.27. The number of primary sulfonamides is 1. The zero-order chi connectivity index (χ0) is 14.6. The molecule has 0 amide bonds. The summed E-state index contributed by atoms with van der Waals surface area (Å²) in [5.74, 6) is -0.737. The van der Waals surface area contributed by atoms with Crippen LogP contribution in [-0.2, 0) is 14.8 Å². The molecule has 0 fully saturated rings. The molecule has 1 rings (SSSR count). The number of ether oxygens (including phenoxy) is 2. The molecule has 1 atom stereocenters. The highest BCUT2D eigenvalue weighted by atomic mass is 32.2. The molecule has 0 aliphatic rings. The second-order valence-corrected chi connectivity index (χ2v) is 5.15. The van der Waals surface area contributed by atoms with Crippen LogP contribution in [0.1, 0.15) is 17.3 Å². The number of methoxy groups -OCH3 is 1. The van der Waals surface area contributed by atoms with Crippen LogP contribution in [0.5, 0.6) is 5.75 Å². The third kappa shape index (κ3) is 3.67. The Morgan fingerprint density at radius 3 is 2.58 bits per heavy atom. The van der Waals surface area contributed by atoms with E-state index >= 15 is 0 Å². The summed E-state index contributed by atoms with van der Waals surface area (Å²) in [6.45, 7) is 1.38. The second kappa shape index (κ2) is 5.69. The normalized spacial score (nSPS) is 12.3. The van der Waals surface area contributed by atoms with Gasteiger partial charge in [0.2, 0.25) is 10.0 Å². The lowest BCUT2D eigenvalue weighted by molar-refractivity contribution is 0.0431. The first-order chi connectivity index (χ1) is 8.79. The van der Waals surface area contributed by atoms with Crippen molar-refractivity contribution < 1.29 is 22.7 Å². The van der Waals surface area contributed by atoms with Crippen molar-refractivity contribution in [2.75, 3.05) is 7.11 Å². The van der Waals surface area contributed by atoms with Gasteiger partial charge < -0.3 is 9.47 Å². The Bertz CT molecular complexity index is 633. The number of sulfonamides is 1. The Morgan fingerprint density at radius 2 is 2.11 bits per heavy atom. The monoisotopic (exact) mass is 284 g/mol. The van der Waals surface area contributed by atoms with Gasteiger partial charge in [0.05, 0.1) is 12.0 Å². The molecule has 19 heavy (non-hydrogen) atoms. The molecule has 0 heterocycles. The molecule has 0 saturated carbocycles. The van der Waals surface area contributed by atoms with Crippen LogP contribution in [0.15, 0.2) is 23.1 Å². The number of carbonyl (C=O) groups is 1. The van der Waals surface area contributed by atoms with Gasteiger partial charge in [-0.1, -0.05) is 0 Å². The van der Waals surface area contributed by atoms with Crippen molar-refractivity contribution in [3.8, 4) is 11.8 Å². The molecule has 102 valence electrons. The summed E-state index contributed by atoms with van der Waals surface area (Å²) in [5, 5.41) is 13.5. The van der Waals surface area contributed by atoms with E-state index in [1.54, 1.807) is 6.07 Å². The van der Waals surface area contributed by atoms with Gasteiger partial charge in [0.1, 0.15) is 17.4 Å². The number of benzene rings is 1. The van der Waals surface area contributed by atoms with Gasteiger partial charge in [0, 0.05) is 0 Å². The van der Waals surface area contributed by atoms with Crippen LogP contribution in [0, 0.1) is 11.3 Å². The molecule has 0 radical (unpaired) electrons. The molecule has 1 aromatic rings. The van der Waals surface area contributed by atoms with E-state index in [1.165, 1.54) is 26.2 Å². The number of esters is 1. The standard InChI is InChI=1S/C11H12N2O5S/c1-7(6-12)18-11(14)9-5-8(19(13,15)16)3-4-10(9)17-2/h3-5,7H,1-2H3,(H2,13,15,16)/t7-/m0/s1. The molecule has 8 heteroatoms. The highest BCUT2D eigenvalue weighted by Crippen LogP contribution is 2.23. The van der Waals surface area contributed by atoms with Gasteiger partial charge in [-0.05, 0) is 25.1 Å². The lowest BCUT2D eigenvalue weighted by Crippen LogP contribution is -2.16. The van der Waals surface area contributed by atoms with E-state index in [0.717, 1.165) is 6.07 Å². The van der Waals surface area contributed by atoms with E-state index in [-0.39, 0.29) is 16.2 Å². The Morgan fingerprint density at radius 1 is 1.47 bits per heavy atom. The summed E-state index contributed by atoms with van der Waals surface area (Å²) in [7, 11) is -2.63. The van der Waals surface area contributed by atoms with Gasteiger partial charge in [-0.3, -0.25) is 0 Å². The summed E-state index contributed by atoms with van der Waals surface area (Å²) in [4.78, 5) is 11.5. The lowest BCUT2D eigenvalue weighted by atomic mass is 10.2. The second-order valence-electron chi connectivity index (χ2n) is 3.58. The van der Waals surface area contributed by atoms with Crippen LogP contribution >= 0.6 is 0 Å². The van der Waals surface area contributed by atoms with Crippen molar-refractivity contribution in [2.24, 2.45) is 5.14 Å².